The summed E-state index contributed by atoms with van der Waals surface area (Å²) in [6.07, 6.45) is 0. The Morgan fingerprint density at radius 3 is 1.56 bits per heavy atom. The van der Waals surface area contributed by atoms with Gasteiger partial charge in [-0.25, -0.2) is 9.34 Å². The van der Waals surface area contributed by atoms with Gasteiger partial charge in [0.2, 0.25) is 7.44 Å². The van der Waals surface area contributed by atoms with Gasteiger partial charge in [0, 0.05) is 31.5 Å². The van der Waals surface area contributed by atoms with E-state index < -0.39 is 7.44 Å². The topological polar surface area (TPSA) is 23.6 Å². The minimum Gasteiger partial charge on any atom is -0.284 e. The first-order valence-electron chi connectivity index (χ1n) is 6.81. The van der Waals surface area contributed by atoms with Gasteiger partial charge >= 0.3 is 0 Å². The SMILES string of the molecule is CCN(CC)P(=O)(c1ccccc1)N(CC)CC. The molecule has 0 spiro atoms. The van der Waals surface area contributed by atoms with Crippen LogP contribution in [0, 0.1) is 0 Å². The van der Waals surface area contributed by atoms with Crippen molar-refractivity contribution < 1.29 is 4.57 Å². The van der Waals surface area contributed by atoms with Gasteiger partial charge in [-0.15, -0.1) is 0 Å². The van der Waals surface area contributed by atoms with Gasteiger partial charge in [0.05, 0.1) is 0 Å². The smallest absolute Gasteiger partial charge is 0.245 e. The largest absolute Gasteiger partial charge is 0.284 e. The van der Waals surface area contributed by atoms with E-state index in [0.717, 1.165) is 31.5 Å². The molecule has 0 saturated carbocycles. The van der Waals surface area contributed by atoms with Crippen LogP contribution in [0.15, 0.2) is 30.3 Å². The van der Waals surface area contributed by atoms with E-state index in [2.05, 4.69) is 37.0 Å². The molecule has 0 N–H and O–H groups in total. The van der Waals surface area contributed by atoms with Crippen LogP contribution in [0.4, 0.5) is 0 Å². The minimum absolute atomic E-state index is 0.805. The van der Waals surface area contributed by atoms with Crippen LogP contribution in [0.2, 0.25) is 0 Å². The van der Waals surface area contributed by atoms with Gasteiger partial charge in [-0.1, -0.05) is 45.9 Å². The van der Waals surface area contributed by atoms with Crippen LogP contribution >= 0.6 is 7.44 Å². The third-order valence-corrected chi connectivity index (χ3v) is 6.96. The maximum absolute atomic E-state index is 13.6. The number of benzene rings is 1. The first kappa shape index (κ1) is 15.4. The third kappa shape index (κ3) is 2.85. The maximum atomic E-state index is 13.6. The van der Waals surface area contributed by atoms with Gasteiger partial charge in [-0.3, -0.25) is 4.57 Å². The molecule has 1 aromatic rings. The molecule has 0 atom stereocenters. The van der Waals surface area contributed by atoms with Crippen LogP contribution in [0.5, 0.6) is 0 Å². The van der Waals surface area contributed by atoms with Crippen LogP contribution in [0.1, 0.15) is 27.7 Å². The Bertz CT molecular complexity index is 370. The first-order chi connectivity index (χ1) is 8.64. The van der Waals surface area contributed by atoms with Crippen molar-refractivity contribution >= 4 is 12.7 Å². The maximum Gasteiger partial charge on any atom is 0.245 e. The highest BCUT2D eigenvalue weighted by molar-refractivity contribution is 7.67. The van der Waals surface area contributed by atoms with E-state index in [9.17, 15) is 4.57 Å². The van der Waals surface area contributed by atoms with E-state index in [0.29, 0.717) is 0 Å². The van der Waals surface area contributed by atoms with Crippen LogP contribution in [-0.2, 0) is 4.57 Å². The summed E-state index contributed by atoms with van der Waals surface area (Å²) in [5, 5.41) is 0.942. The Morgan fingerprint density at radius 2 is 1.22 bits per heavy atom. The summed E-state index contributed by atoms with van der Waals surface area (Å²) in [5.74, 6) is 0. The molecule has 3 nitrogen and oxygen atoms in total. The van der Waals surface area contributed by atoms with E-state index in [4.69, 9.17) is 0 Å². The lowest BCUT2D eigenvalue weighted by Gasteiger charge is -2.37. The highest BCUT2D eigenvalue weighted by atomic mass is 31.2. The fourth-order valence-corrected chi connectivity index (χ4v) is 5.45. The molecule has 0 fully saturated rings. The fraction of sp³-hybridized carbons (Fsp3) is 0.571. The average Bonchev–Trinajstić information content (AvgIpc) is 2.42. The van der Waals surface area contributed by atoms with E-state index in [1.165, 1.54) is 0 Å². The van der Waals surface area contributed by atoms with E-state index in [1.54, 1.807) is 0 Å². The summed E-state index contributed by atoms with van der Waals surface area (Å²) in [5.41, 5.74) is 0. The predicted molar refractivity (Wildman–Crippen MR) is 79.5 cm³/mol. The number of hydrogen-bond donors (Lipinski definition) is 0. The monoisotopic (exact) mass is 268 g/mol. The average molecular weight is 268 g/mol. The Hall–Kier alpha value is -0.630. The summed E-state index contributed by atoms with van der Waals surface area (Å²) < 4.78 is 17.8. The standard InChI is InChI=1S/C14H25N2OP/c1-5-15(6-2)18(17,16(7-3)8-4)14-12-10-9-11-13-14/h9-13H,5-8H2,1-4H3. The van der Waals surface area contributed by atoms with E-state index in [-0.39, 0.29) is 0 Å². The Balaban J connectivity index is 3.29. The van der Waals surface area contributed by atoms with Crippen molar-refractivity contribution in [3.05, 3.63) is 30.3 Å². The zero-order valence-electron chi connectivity index (χ0n) is 12.0. The second-order valence-corrected chi connectivity index (χ2v) is 6.89. The summed E-state index contributed by atoms with van der Waals surface area (Å²) in [6, 6.07) is 9.87. The van der Waals surface area contributed by atoms with Gasteiger partial charge in [0.15, 0.2) is 0 Å². The van der Waals surface area contributed by atoms with Crippen molar-refractivity contribution in [1.82, 2.24) is 9.34 Å². The summed E-state index contributed by atoms with van der Waals surface area (Å²) in [4.78, 5) is 0. The molecular weight excluding hydrogens is 243 g/mol. The highest BCUT2D eigenvalue weighted by Crippen LogP contribution is 2.51. The Labute approximate surface area is 111 Å². The van der Waals surface area contributed by atoms with Crippen molar-refractivity contribution in [3.8, 4) is 0 Å². The van der Waals surface area contributed by atoms with Gasteiger partial charge < -0.3 is 0 Å². The molecule has 0 aliphatic rings. The van der Waals surface area contributed by atoms with Crippen molar-refractivity contribution in [1.29, 1.82) is 0 Å². The molecule has 4 heteroatoms. The molecular formula is C14H25N2OP. The molecule has 0 aliphatic heterocycles. The van der Waals surface area contributed by atoms with Crippen molar-refractivity contribution in [2.24, 2.45) is 0 Å². The molecule has 1 aromatic carbocycles. The Morgan fingerprint density at radius 1 is 0.833 bits per heavy atom. The third-order valence-electron chi connectivity index (χ3n) is 3.32. The first-order valence-corrected chi connectivity index (χ1v) is 8.42. The second-order valence-electron chi connectivity index (χ2n) is 4.16. The number of rotatable bonds is 7. The van der Waals surface area contributed by atoms with E-state index in [1.807, 2.05) is 30.3 Å². The quantitative estimate of drug-likeness (QED) is 0.710. The van der Waals surface area contributed by atoms with Crippen LogP contribution in [0.25, 0.3) is 0 Å². The van der Waals surface area contributed by atoms with E-state index >= 15 is 0 Å². The second kappa shape index (κ2) is 7.08. The normalized spacial score (nSPS) is 12.3. The molecule has 0 radical (unpaired) electrons. The molecule has 0 heterocycles. The van der Waals surface area contributed by atoms with Crippen LogP contribution < -0.4 is 5.30 Å². The van der Waals surface area contributed by atoms with Crippen molar-refractivity contribution in [2.45, 2.75) is 27.7 Å². The molecule has 1 rings (SSSR count). The Kier molecular flexibility index (Phi) is 6.07. The zero-order valence-corrected chi connectivity index (χ0v) is 12.9. The lowest BCUT2D eigenvalue weighted by molar-refractivity contribution is 0.369. The lowest BCUT2D eigenvalue weighted by Crippen LogP contribution is -2.37. The summed E-state index contributed by atoms with van der Waals surface area (Å²) >= 11 is 0. The predicted octanol–water partition coefficient (Wildman–Crippen LogP) is 3.19. The van der Waals surface area contributed by atoms with Crippen LogP contribution in [-0.4, -0.2) is 35.5 Å². The number of nitrogens with zero attached hydrogens (tertiary/aromatic N) is 2. The van der Waals surface area contributed by atoms with Gasteiger partial charge in [0.1, 0.15) is 0 Å². The molecule has 0 unspecified atom stereocenters. The fourth-order valence-electron chi connectivity index (χ4n) is 2.34. The molecule has 0 bridgehead atoms. The van der Waals surface area contributed by atoms with Crippen LogP contribution in [0.3, 0.4) is 0 Å². The molecule has 0 saturated heterocycles. The van der Waals surface area contributed by atoms with Crippen molar-refractivity contribution in [2.75, 3.05) is 26.2 Å². The minimum atomic E-state index is -2.63. The van der Waals surface area contributed by atoms with Gasteiger partial charge in [-0.2, -0.15) is 0 Å². The molecule has 0 aliphatic carbocycles. The summed E-state index contributed by atoms with van der Waals surface area (Å²) in [7, 11) is -2.63. The zero-order chi connectivity index (χ0) is 13.6. The molecule has 102 valence electrons. The molecule has 0 amide bonds. The van der Waals surface area contributed by atoms with Gasteiger partial charge in [0.25, 0.3) is 0 Å². The van der Waals surface area contributed by atoms with Crippen molar-refractivity contribution in [3.63, 3.8) is 0 Å². The summed E-state index contributed by atoms with van der Waals surface area (Å²) in [6.45, 7) is 11.5. The highest BCUT2D eigenvalue weighted by Gasteiger charge is 2.35. The lowest BCUT2D eigenvalue weighted by atomic mass is 10.4. The molecule has 0 aromatic heterocycles. The van der Waals surface area contributed by atoms with Gasteiger partial charge in [-0.05, 0) is 12.1 Å². The molecule has 18 heavy (non-hydrogen) atoms. The number of hydrogen-bond acceptors (Lipinski definition) is 1.